The lowest BCUT2D eigenvalue weighted by Crippen LogP contribution is -2.69. The van der Waals surface area contributed by atoms with Crippen molar-refractivity contribution >= 4 is 12.3 Å². The molecule has 0 aromatic carbocycles. The molecule has 1 saturated heterocycles. The zero-order chi connectivity index (χ0) is 34.7. The maximum Gasteiger partial charge on any atom is 0.315 e. The molecule has 6 aliphatic rings. The molecule has 1 aliphatic heterocycles. The third kappa shape index (κ3) is 4.52. The van der Waals surface area contributed by atoms with Crippen molar-refractivity contribution in [3.8, 4) is 0 Å². The molecule has 0 amide bonds. The lowest BCUT2D eigenvalue weighted by atomic mass is 9.33. The van der Waals surface area contributed by atoms with Crippen molar-refractivity contribution in [2.24, 2.45) is 50.7 Å². The lowest BCUT2D eigenvalue weighted by molar-refractivity contribution is -0.299. The van der Waals surface area contributed by atoms with Crippen LogP contribution in [0.4, 0.5) is 0 Å². The van der Waals surface area contributed by atoms with Crippen molar-refractivity contribution in [1.82, 2.24) is 0 Å². The second kappa shape index (κ2) is 11.3. The highest BCUT2D eigenvalue weighted by molar-refractivity contribution is 5.79. The largest absolute Gasteiger partial charge is 0.432 e. The van der Waals surface area contributed by atoms with Gasteiger partial charge >= 0.3 is 5.97 Å². The summed E-state index contributed by atoms with van der Waals surface area (Å²) in [6.07, 6.45) is -2.41. The van der Waals surface area contributed by atoms with Crippen LogP contribution in [0.5, 0.6) is 0 Å². The molecule has 0 bridgehead atoms. The molecule has 266 valence electrons. The number of aldehydes is 1. The Morgan fingerprint density at radius 3 is 2.28 bits per heavy atom. The zero-order valence-corrected chi connectivity index (χ0v) is 28.6. The first kappa shape index (κ1) is 35.4. The Morgan fingerprint density at radius 1 is 0.957 bits per heavy atom. The number of hydrogen-bond acceptors (Lipinski definition) is 11. The quantitative estimate of drug-likeness (QED) is 0.131. The van der Waals surface area contributed by atoms with Crippen LogP contribution in [0.2, 0.25) is 0 Å². The van der Waals surface area contributed by atoms with Crippen molar-refractivity contribution in [3.63, 3.8) is 0 Å². The van der Waals surface area contributed by atoms with E-state index in [9.17, 15) is 45.3 Å². The van der Waals surface area contributed by atoms with Crippen LogP contribution in [-0.4, -0.2) is 103 Å². The smallest absolute Gasteiger partial charge is 0.315 e. The van der Waals surface area contributed by atoms with Crippen LogP contribution in [-0.2, 0) is 19.1 Å². The van der Waals surface area contributed by atoms with Gasteiger partial charge in [-0.1, -0.05) is 46.3 Å². The second-order valence-corrected chi connectivity index (χ2v) is 17.4. The molecular formula is C36H56O11. The molecule has 0 aromatic rings. The average molecular weight is 665 g/mol. The van der Waals surface area contributed by atoms with Crippen molar-refractivity contribution in [1.29, 1.82) is 0 Å². The Labute approximate surface area is 277 Å². The lowest BCUT2D eigenvalue weighted by Gasteiger charge is -2.71. The number of carbonyl (C=O) groups is 2. The Bertz CT molecular complexity index is 1300. The Kier molecular flexibility index (Phi) is 8.50. The molecule has 0 aromatic heterocycles. The number of esters is 1. The number of fused-ring (bicyclic) bond motifs is 7. The summed E-state index contributed by atoms with van der Waals surface area (Å²) < 4.78 is 11.4. The molecule has 4 saturated carbocycles. The maximum absolute atomic E-state index is 14.5. The topological polar surface area (TPSA) is 194 Å². The van der Waals surface area contributed by atoms with Crippen molar-refractivity contribution in [3.05, 3.63) is 11.6 Å². The number of allylic oxidation sites excluding steroid dienone is 1. The maximum atomic E-state index is 14.5. The fraction of sp³-hybridized carbons (Fsp3) is 0.889. The SMILES string of the molecule is C[C@@H]1CC[C@]2(C(=O)O[C@@H]3O[C@H](CO)[C@@H](O)[C@H](O)[C@H]3O)CC[C@]3(C)C(=CC[C@@H]4[C@]5(C)C[C@@H](O)[C@H](O)[C@@](C)(C=O)[C@@H]5CC[C@]43C)[C@H]2[C@]1(C)O. The summed E-state index contributed by atoms with van der Waals surface area (Å²) in [5, 5.41) is 75.5. The van der Waals surface area contributed by atoms with Gasteiger partial charge in [-0.25, -0.2) is 0 Å². The molecule has 5 fully saturated rings. The van der Waals surface area contributed by atoms with Crippen LogP contribution in [0.1, 0.15) is 92.9 Å². The number of ether oxygens (including phenoxy) is 2. The molecule has 0 unspecified atom stereocenters. The molecule has 7 N–H and O–H groups in total. The first-order chi connectivity index (χ1) is 21.8. The normalized spacial score (nSPS) is 57.4. The second-order valence-electron chi connectivity index (χ2n) is 17.4. The molecule has 5 aliphatic carbocycles. The van der Waals surface area contributed by atoms with E-state index >= 15 is 0 Å². The average Bonchev–Trinajstić information content (AvgIpc) is 3.02. The van der Waals surface area contributed by atoms with Crippen LogP contribution in [0.3, 0.4) is 0 Å². The number of rotatable bonds is 4. The standard InChI is InChI=1S/C36H56O11/c1-18-9-12-36(30(44)47-29-26(42)25(41)24(40)21(16-37)46-29)14-13-33(4)19(27(36)35(18,6)45)7-8-23-31(2)15-20(39)28(43)32(3,17-38)22(31)10-11-34(23,33)5/h7,17-18,20-29,37,39-43,45H,8-16H2,1-6H3/t18-,20-,21-,22-,23-,24-,25+,26-,27+,28+,29+,31-,32+,33-,34-,35-,36+/m1/s1. The van der Waals surface area contributed by atoms with Gasteiger partial charge in [-0.05, 0) is 92.3 Å². The van der Waals surface area contributed by atoms with Crippen LogP contribution in [0, 0.1) is 50.7 Å². The van der Waals surface area contributed by atoms with Crippen LogP contribution < -0.4 is 0 Å². The first-order valence-corrected chi connectivity index (χ1v) is 17.6. The Balaban J connectivity index is 1.40. The molecule has 47 heavy (non-hydrogen) atoms. The van der Waals surface area contributed by atoms with Crippen molar-refractivity contribution < 1.29 is 54.8 Å². The van der Waals surface area contributed by atoms with E-state index in [1.165, 1.54) is 0 Å². The van der Waals surface area contributed by atoms with E-state index in [0.29, 0.717) is 44.9 Å². The fourth-order valence-corrected chi connectivity index (χ4v) is 12.2. The number of hydrogen-bond donors (Lipinski definition) is 7. The molecule has 0 radical (unpaired) electrons. The Hall–Kier alpha value is -1.44. The van der Waals surface area contributed by atoms with Gasteiger partial charge in [-0.3, -0.25) is 4.79 Å². The van der Waals surface area contributed by atoms with E-state index in [1.807, 2.05) is 6.92 Å². The highest BCUT2D eigenvalue weighted by atomic mass is 16.7. The third-order valence-corrected chi connectivity index (χ3v) is 15.5. The molecule has 1 heterocycles. The molecule has 17 atom stereocenters. The van der Waals surface area contributed by atoms with Gasteiger partial charge in [0.25, 0.3) is 0 Å². The summed E-state index contributed by atoms with van der Waals surface area (Å²) in [4.78, 5) is 27.0. The van der Waals surface area contributed by atoms with Gasteiger partial charge in [0.05, 0.1) is 35.2 Å². The monoisotopic (exact) mass is 664 g/mol. The highest BCUT2D eigenvalue weighted by Crippen LogP contribution is 2.76. The van der Waals surface area contributed by atoms with Gasteiger partial charge in [0.15, 0.2) is 0 Å². The summed E-state index contributed by atoms with van der Waals surface area (Å²) in [6.45, 7) is 11.6. The van der Waals surface area contributed by atoms with Gasteiger partial charge in [0, 0.05) is 5.92 Å². The zero-order valence-electron chi connectivity index (χ0n) is 28.6. The van der Waals surface area contributed by atoms with E-state index in [-0.39, 0.29) is 23.2 Å². The summed E-state index contributed by atoms with van der Waals surface area (Å²) in [6, 6.07) is 0. The van der Waals surface area contributed by atoms with E-state index in [1.54, 1.807) is 13.8 Å². The molecular weight excluding hydrogens is 608 g/mol. The van der Waals surface area contributed by atoms with Gasteiger partial charge in [0.1, 0.15) is 30.7 Å². The van der Waals surface area contributed by atoms with E-state index in [2.05, 4.69) is 26.8 Å². The van der Waals surface area contributed by atoms with Crippen molar-refractivity contribution in [2.45, 2.75) is 141 Å². The minimum absolute atomic E-state index is 0.0726. The minimum Gasteiger partial charge on any atom is -0.432 e. The van der Waals surface area contributed by atoms with Gasteiger partial charge in [0.2, 0.25) is 6.29 Å². The van der Waals surface area contributed by atoms with Crippen LogP contribution in [0.15, 0.2) is 11.6 Å². The van der Waals surface area contributed by atoms with Crippen molar-refractivity contribution in [2.75, 3.05) is 6.61 Å². The summed E-state index contributed by atoms with van der Waals surface area (Å²) >= 11 is 0. The molecule has 6 rings (SSSR count). The Morgan fingerprint density at radius 2 is 1.64 bits per heavy atom. The number of aliphatic hydroxyl groups excluding tert-OH is 6. The molecule has 11 heteroatoms. The van der Waals surface area contributed by atoms with Gasteiger partial charge in [-0.15, -0.1) is 0 Å². The summed E-state index contributed by atoms with van der Waals surface area (Å²) in [5.74, 6) is -1.43. The van der Waals surface area contributed by atoms with E-state index in [4.69, 9.17) is 9.47 Å². The van der Waals surface area contributed by atoms with E-state index in [0.717, 1.165) is 18.3 Å². The van der Waals surface area contributed by atoms with Crippen LogP contribution >= 0.6 is 0 Å². The summed E-state index contributed by atoms with van der Waals surface area (Å²) in [7, 11) is 0. The molecule has 11 nitrogen and oxygen atoms in total. The third-order valence-electron chi connectivity index (χ3n) is 15.5. The predicted molar refractivity (Wildman–Crippen MR) is 168 cm³/mol. The number of carbonyl (C=O) groups excluding carboxylic acids is 2. The molecule has 0 spiro atoms. The number of aliphatic hydroxyl groups is 7. The van der Waals surface area contributed by atoms with Gasteiger partial charge < -0.3 is 50.0 Å². The predicted octanol–water partition coefficient (Wildman–Crippen LogP) is 1.61. The summed E-state index contributed by atoms with van der Waals surface area (Å²) in [5.41, 5.74) is -3.68. The highest BCUT2D eigenvalue weighted by Gasteiger charge is 2.72. The minimum atomic E-state index is -1.73. The van der Waals surface area contributed by atoms with Crippen LogP contribution in [0.25, 0.3) is 0 Å². The first-order valence-electron chi connectivity index (χ1n) is 17.6. The van der Waals surface area contributed by atoms with Gasteiger partial charge in [-0.2, -0.15) is 0 Å². The van der Waals surface area contributed by atoms with E-state index < -0.39 is 88.7 Å². The fourth-order valence-electron chi connectivity index (χ4n) is 12.2.